The highest BCUT2D eigenvalue weighted by molar-refractivity contribution is 7.84. The summed E-state index contributed by atoms with van der Waals surface area (Å²) >= 11 is 6.03. The number of benzene rings is 1. The van der Waals surface area contributed by atoms with Crippen molar-refractivity contribution in [3.8, 4) is 0 Å². The maximum Gasteiger partial charge on any atom is 0.227 e. The van der Waals surface area contributed by atoms with Crippen molar-refractivity contribution in [2.45, 2.75) is 29.7 Å². The molecule has 3 unspecified atom stereocenters. The lowest BCUT2D eigenvalue weighted by Gasteiger charge is -2.41. The number of halogens is 1. The highest BCUT2D eigenvalue weighted by Gasteiger charge is 2.42. The summed E-state index contributed by atoms with van der Waals surface area (Å²) in [6.07, 6.45) is 6.19. The molecule has 9 heteroatoms. The van der Waals surface area contributed by atoms with Crippen LogP contribution in [0, 0.1) is 11.8 Å². The Labute approximate surface area is 190 Å². The Morgan fingerprint density at radius 1 is 1.16 bits per heavy atom. The first-order chi connectivity index (χ1) is 15.0. The lowest BCUT2D eigenvalue weighted by atomic mass is 9.77. The van der Waals surface area contributed by atoms with E-state index in [2.05, 4.69) is 32.2 Å². The Balaban J connectivity index is 1.31. The van der Waals surface area contributed by atoms with Crippen LogP contribution in [-0.2, 0) is 10.8 Å². The van der Waals surface area contributed by atoms with Crippen LogP contribution in [0.4, 0.5) is 17.5 Å². The minimum atomic E-state index is -1.20. The molecule has 2 N–H and O–H groups in total. The third-order valence-corrected chi connectivity index (χ3v) is 8.18. The molecule has 3 aliphatic rings. The Morgan fingerprint density at radius 3 is 2.35 bits per heavy atom. The van der Waals surface area contributed by atoms with Crippen LogP contribution < -0.4 is 15.1 Å². The zero-order valence-electron chi connectivity index (χ0n) is 17.6. The number of hydrogen-bond donors (Lipinski definition) is 2. The molecule has 0 radical (unpaired) electrons. The van der Waals surface area contributed by atoms with Crippen LogP contribution in [0.15, 0.2) is 35.4 Å². The number of aliphatic hydroxyl groups excluding tert-OH is 1. The predicted molar refractivity (Wildman–Crippen MR) is 125 cm³/mol. The Kier molecular flexibility index (Phi) is 5.56. The fraction of sp³-hybridized carbons (Fsp3) is 0.545. The molecule has 5 rings (SSSR count). The highest BCUT2D eigenvalue weighted by atomic mass is 35.5. The van der Waals surface area contributed by atoms with Gasteiger partial charge in [-0.05, 0) is 43.5 Å². The lowest BCUT2D eigenvalue weighted by molar-refractivity contribution is 0.143. The summed E-state index contributed by atoms with van der Waals surface area (Å²) in [4.78, 5) is 14.6. The van der Waals surface area contributed by atoms with Gasteiger partial charge in [0.1, 0.15) is 5.82 Å². The molecule has 31 heavy (non-hydrogen) atoms. The molecule has 1 aromatic carbocycles. The van der Waals surface area contributed by atoms with E-state index in [-0.39, 0.29) is 12.1 Å². The molecule has 3 fully saturated rings. The second-order valence-corrected chi connectivity index (χ2v) is 10.8. The number of nitrogens with zero attached hydrogens (tertiary/aromatic N) is 4. The number of aliphatic hydroxyl groups is 1. The fourth-order valence-corrected chi connectivity index (χ4v) is 5.71. The average molecular weight is 462 g/mol. The fourth-order valence-electron chi connectivity index (χ4n) is 5.01. The van der Waals surface area contributed by atoms with Crippen LogP contribution in [0.3, 0.4) is 0 Å². The third kappa shape index (κ3) is 4.01. The minimum absolute atomic E-state index is 0.0521. The molecule has 1 saturated carbocycles. The third-order valence-electron chi connectivity index (χ3n) is 7.01. The maximum absolute atomic E-state index is 12.2. The summed E-state index contributed by atoms with van der Waals surface area (Å²) in [5, 5.41) is 14.0. The molecule has 0 spiro atoms. The second-order valence-electron chi connectivity index (χ2n) is 9.06. The van der Waals surface area contributed by atoms with Gasteiger partial charge in [-0.15, -0.1) is 0 Å². The molecule has 2 aliphatic heterocycles. The Bertz CT molecular complexity index is 965. The van der Waals surface area contributed by atoms with Crippen LogP contribution >= 0.6 is 11.6 Å². The van der Waals surface area contributed by atoms with Crippen molar-refractivity contribution >= 4 is 39.9 Å². The van der Waals surface area contributed by atoms with E-state index < -0.39 is 10.8 Å². The molecule has 1 aliphatic carbocycles. The largest absolute Gasteiger partial charge is 0.394 e. The second kappa shape index (κ2) is 8.22. The van der Waals surface area contributed by atoms with Crippen molar-refractivity contribution in [3.05, 3.63) is 35.5 Å². The normalized spacial score (nSPS) is 25.3. The molecule has 0 bridgehead atoms. The molecule has 2 saturated heterocycles. The van der Waals surface area contributed by atoms with Gasteiger partial charge in [0.05, 0.1) is 34.0 Å². The highest BCUT2D eigenvalue weighted by Crippen LogP contribution is 2.38. The van der Waals surface area contributed by atoms with Gasteiger partial charge in [0, 0.05) is 55.0 Å². The Morgan fingerprint density at radius 2 is 1.81 bits per heavy atom. The zero-order valence-corrected chi connectivity index (χ0v) is 19.2. The molecular weight excluding hydrogens is 434 g/mol. The summed E-state index contributed by atoms with van der Waals surface area (Å²) in [7, 11) is -1.20. The van der Waals surface area contributed by atoms with Crippen molar-refractivity contribution in [1.82, 2.24) is 9.97 Å². The first-order valence-corrected chi connectivity index (χ1v) is 12.7. The molecule has 3 atom stereocenters. The van der Waals surface area contributed by atoms with Gasteiger partial charge in [-0.1, -0.05) is 11.6 Å². The lowest BCUT2D eigenvalue weighted by Crippen LogP contribution is -2.48. The number of rotatable bonds is 6. The number of hydrogen-bond acceptors (Lipinski definition) is 7. The van der Waals surface area contributed by atoms with Crippen molar-refractivity contribution in [2.24, 2.45) is 11.8 Å². The molecule has 3 heterocycles. The quantitative estimate of drug-likeness (QED) is 0.684. The van der Waals surface area contributed by atoms with E-state index in [4.69, 9.17) is 16.6 Å². The van der Waals surface area contributed by atoms with Crippen molar-refractivity contribution in [3.63, 3.8) is 0 Å². The molecule has 7 nitrogen and oxygen atoms in total. The van der Waals surface area contributed by atoms with Crippen LogP contribution in [0.2, 0.25) is 5.02 Å². The number of fused-ring (bicyclic) bond motifs is 1. The van der Waals surface area contributed by atoms with Gasteiger partial charge in [0.2, 0.25) is 5.95 Å². The molecule has 0 amide bonds. The van der Waals surface area contributed by atoms with E-state index in [9.17, 15) is 9.32 Å². The monoisotopic (exact) mass is 461 g/mol. The van der Waals surface area contributed by atoms with E-state index in [0.29, 0.717) is 28.5 Å². The standard InChI is InChI=1S/C22H28ClN5O2S/c1-31(30)19-9-24-21(25-20(19)26-22(14-29)7-2-8-22)28-12-15-10-27(11-16(15)13-28)18-5-3-17(23)4-6-18/h3-6,9,15-16,29H,2,7-8,10-14H2,1H3,(H,24,25,26). The van der Waals surface area contributed by atoms with Crippen molar-refractivity contribution < 1.29 is 9.32 Å². The summed E-state index contributed by atoms with van der Waals surface area (Å²) < 4.78 is 12.2. The van der Waals surface area contributed by atoms with E-state index in [0.717, 1.165) is 50.5 Å². The van der Waals surface area contributed by atoms with Crippen molar-refractivity contribution in [2.75, 3.05) is 54.2 Å². The van der Waals surface area contributed by atoms with Gasteiger partial charge in [0.25, 0.3) is 0 Å². The minimum Gasteiger partial charge on any atom is -0.394 e. The van der Waals surface area contributed by atoms with Crippen molar-refractivity contribution in [1.29, 1.82) is 0 Å². The molecule has 2 aromatic rings. The van der Waals surface area contributed by atoms with E-state index in [1.807, 2.05) is 12.1 Å². The van der Waals surface area contributed by atoms with E-state index in [1.54, 1.807) is 12.5 Å². The van der Waals surface area contributed by atoms with Crippen LogP contribution in [0.5, 0.6) is 0 Å². The average Bonchev–Trinajstić information content (AvgIpc) is 3.30. The predicted octanol–water partition coefficient (Wildman–Crippen LogP) is 2.77. The summed E-state index contributed by atoms with van der Waals surface area (Å²) in [6, 6.07) is 8.06. The van der Waals surface area contributed by atoms with E-state index >= 15 is 0 Å². The first kappa shape index (κ1) is 21.0. The summed E-state index contributed by atoms with van der Waals surface area (Å²) in [5.41, 5.74) is 0.873. The van der Waals surface area contributed by atoms with Gasteiger partial charge in [-0.2, -0.15) is 4.98 Å². The number of anilines is 3. The Hall–Kier alpha value is -1.90. The topological polar surface area (TPSA) is 81.6 Å². The smallest absolute Gasteiger partial charge is 0.227 e. The van der Waals surface area contributed by atoms with Crippen LogP contribution in [0.25, 0.3) is 0 Å². The van der Waals surface area contributed by atoms with Gasteiger partial charge in [0.15, 0.2) is 0 Å². The van der Waals surface area contributed by atoms with Gasteiger partial charge in [-0.3, -0.25) is 4.21 Å². The molecular formula is C22H28ClN5O2S. The SMILES string of the molecule is CS(=O)c1cnc(N2CC3CN(c4ccc(Cl)cc4)CC3C2)nc1NC1(CO)CCC1. The van der Waals surface area contributed by atoms with Crippen LogP contribution in [-0.4, -0.2) is 63.9 Å². The van der Waals surface area contributed by atoms with Gasteiger partial charge < -0.3 is 20.2 Å². The molecule has 166 valence electrons. The van der Waals surface area contributed by atoms with Crippen LogP contribution in [0.1, 0.15) is 19.3 Å². The summed E-state index contributed by atoms with van der Waals surface area (Å²) in [6.45, 7) is 3.90. The van der Waals surface area contributed by atoms with Gasteiger partial charge in [-0.25, -0.2) is 4.98 Å². The first-order valence-electron chi connectivity index (χ1n) is 10.8. The maximum atomic E-state index is 12.2. The number of aromatic nitrogens is 2. The zero-order chi connectivity index (χ0) is 21.6. The molecule has 1 aromatic heterocycles. The number of nitrogens with one attached hydrogen (secondary N) is 1. The van der Waals surface area contributed by atoms with E-state index in [1.165, 1.54) is 5.69 Å². The van der Waals surface area contributed by atoms with Gasteiger partial charge >= 0.3 is 0 Å². The summed E-state index contributed by atoms with van der Waals surface area (Å²) in [5.74, 6) is 2.40.